The molecule has 3 N–H and O–H groups in total. The molecule has 0 saturated heterocycles. The van der Waals surface area contributed by atoms with E-state index in [9.17, 15) is 9.59 Å². The van der Waals surface area contributed by atoms with Gasteiger partial charge in [0, 0.05) is 12.5 Å². The van der Waals surface area contributed by atoms with Crippen LogP contribution < -0.4 is 11.1 Å². The number of unbranched alkanes of at least 4 members (excludes halogenated alkanes) is 8. The summed E-state index contributed by atoms with van der Waals surface area (Å²) in [4.78, 5) is 23.5. The molecule has 0 aliphatic rings. The van der Waals surface area contributed by atoms with Crippen LogP contribution in [0.25, 0.3) is 0 Å². The maximum Gasteiger partial charge on any atom is 0.305 e. The number of carbonyl (C=O) groups is 2. The third kappa shape index (κ3) is 17.5. The minimum absolute atomic E-state index is 0.00968. The van der Waals surface area contributed by atoms with Crippen molar-refractivity contribution in [2.75, 3.05) is 7.11 Å². The molecule has 176 valence electrons. The van der Waals surface area contributed by atoms with Crippen LogP contribution in [-0.4, -0.2) is 31.1 Å². The van der Waals surface area contributed by atoms with Crippen molar-refractivity contribution < 1.29 is 14.3 Å². The highest BCUT2D eigenvalue weighted by atomic mass is 16.5. The molecule has 0 spiro atoms. The average molecular weight is 425 g/mol. The van der Waals surface area contributed by atoms with Crippen LogP contribution in [-0.2, 0) is 14.3 Å². The lowest BCUT2D eigenvalue weighted by molar-refractivity contribution is -0.140. The van der Waals surface area contributed by atoms with Crippen molar-refractivity contribution in [2.24, 2.45) is 11.7 Å². The van der Waals surface area contributed by atoms with Crippen molar-refractivity contribution in [2.45, 2.75) is 123 Å². The smallest absolute Gasteiger partial charge is 0.305 e. The monoisotopic (exact) mass is 424 g/mol. The van der Waals surface area contributed by atoms with Crippen molar-refractivity contribution in [3.63, 3.8) is 0 Å². The second-order valence-electron chi connectivity index (χ2n) is 8.88. The van der Waals surface area contributed by atoms with Crippen molar-refractivity contribution >= 4 is 11.9 Å². The van der Waals surface area contributed by atoms with E-state index >= 15 is 0 Å². The summed E-state index contributed by atoms with van der Waals surface area (Å²) in [6.07, 6.45) is 19.1. The molecule has 0 aromatic carbocycles. The summed E-state index contributed by atoms with van der Waals surface area (Å²) < 4.78 is 4.65. The number of hydrogen-bond acceptors (Lipinski definition) is 4. The number of nitrogens with one attached hydrogen (secondary N) is 1. The number of carbonyl (C=O) groups excluding carboxylic acids is 2. The molecule has 0 heterocycles. The van der Waals surface area contributed by atoms with Gasteiger partial charge in [0.15, 0.2) is 0 Å². The largest absolute Gasteiger partial charge is 0.469 e. The fourth-order valence-electron chi connectivity index (χ4n) is 3.53. The number of methoxy groups -OCH3 is 1. The molecule has 0 bridgehead atoms. The Hall–Kier alpha value is -1.36. The van der Waals surface area contributed by atoms with E-state index in [0.717, 1.165) is 51.4 Å². The normalized spacial score (nSPS) is 13.5. The van der Waals surface area contributed by atoms with Crippen LogP contribution in [0.3, 0.4) is 0 Å². The van der Waals surface area contributed by atoms with Gasteiger partial charge in [-0.2, -0.15) is 0 Å². The van der Waals surface area contributed by atoms with Gasteiger partial charge in [-0.1, -0.05) is 77.9 Å². The first-order valence-corrected chi connectivity index (χ1v) is 12.2. The number of nitrogens with two attached hydrogens (primary N) is 1. The van der Waals surface area contributed by atoms with E-state index in [-0.39, 0.29) is 17.9 Å². The summed E-state index contributed by atoms with van der Waals surface area (Å²) in [5.74, 6) is 0.304. The number of hydrogen-bond donors (Lipinski definition) is 2. The van der Waals surface area contributed by atoms with Crippen molar-refractivity contribution in [3.05, 3.63) is 12.2 Å². The molecule has 0 radical (unpaired) electrons. The molecule has 30 heavy (non-hydrogen) atoms. The zero-order valence-electron chi connectivity index (χ0n) is 20.1. The minimum Gasteiger partial charge on any atom is -0.469 e. The summed E-state index contributed by atoms with van der Waals surface area (Å²) in [5.41, 5.74) is 6.06. The predicted octanol–water partition coefficient (Wildman–Crippen LogP) is 5.67. The van der Waals surface area contributed by atoms with Gasteiger partial charge in [0.25, 0.3) is 0 Å². The zero-order valence-corrected chi connectivity index (χ0v) is 20.1. The van der Waals surface area contributed by atoms with Gasteiger partial charge < -0.3 is 15.8 Å². The maximum absolute atomic E-state index is 12.4. The summed E-state index contributed by atoms with van der Waals surface area (Å²) in [7, 11) is 1.44. The van der Waals surface area contributed by atoms with Gasteiger partial charge >= 0.3 is 5.97 Å². The van der Waals surface area contributed by atoms with Gasteiger partial charge in [0.1, 0.15) is 0 Å². The first-order chi connectivity index (χ1) is 14.4. The topological polar surface area (TPSA) is 81.4 Å². The Balaban J connectivity index is 4.14. The lowest BCUT2D eigenvalue weighted by atomic mass is 10.0. The quantitative estimate of drug-likeness (QED) is 0.159. The average Bonchev–Trinajstić information content (AvgIpc) is 2.71. The van der Waals surface area contributed by atoms with E-state index in [1.807, 2.05) is 0 Å². The lowest BCUT2D eigenvalue weighted by Gasteiger charge is -2.21. The molecule has 5 nitrogen and oxygen atoms in total. The SMILES string of the molecule is CCCCCCC(C/C=C\CCCCCCCC(=O)OC)NC(=O)[C@@H](N)CC(C)C. The minimum atomic E-state index is -0.411. The second-order valence-corrected chi connectivity index (χ2v) is 8.88. The molecule has 0 rings (SSSR count). The molecular formula is C25H48N2O3. The fraction of sp³-hybridized carbons (Fsp3) is 0.840. The molecule has 0 saturated carbocycles. The standard InChI is InChI=1S/C25H48N2O3/c1-5-6-7-14-17-22(27-25(29)23(26)20-21(2)3)18-15-12-10-8-9-11-13-16-19-24(28)30-4/h12,15,21-23H,5-11,13-14,16-20,26H2,1-4H3,(H,27,29)/b15-12-/t22?,23-/m0/s1. The Morgan fingerprint density at radius 3 is 2.30 bits per heavy atom. The van der Waals surface area contributed by atoms with Gasteiger partial charge in [0.05, 0.1) is 13.2 Å². The molecule has 0 aromatic rings. The van der Waals surface area contributed by atoms with Crippen LogP contribution in [0.4, 0.5) is 0 Å². The molecule has 2 atom stereocenters. The molecule has 5 heteroatoms. The third-order valence-corrected chi connectivity index (χ3v) is 5.38. The summed E-state index contributed by atoms with van der Waals surface area (Å²) in [6, 6.07) is -0.228. The van der Waals surface area contributed by atoms with Crippen LogP contribution in [0, 0.1) is 5.92 Å². The molecule has 0 aliphatic heterocycles. The summed E-state index contributed by atoms with van der Waals surface area (Å²) in [5, 5.41) is 3.19. The Bertz CT molecular complexity index is 463. The van der Waals surface area contributed by atoms with Crippen LogP contribution >= 0.6 is 0 Å². The van der Waals surface area contributed by atoms with Gasteiger partial charge in [-0.25, -0.2) is 0 Å². The number of ether oxygens (including phenoxy) is 1. The third-order valence-electron chi connectivity index (χ3n) is 5.38. The van der Waals surface area contributed by atoms with Crippen molar-refractivity contribution in [1.82, 2.24) is 5.32 Å². The fourth-order valence-corrected chi connectivity index (χ4v) is 3.53. The molecule has 1 unspecified atom stereocenters. The first-order valence-electron chi connectivity index (χ1n) is 12.2. The molecular weight excluding hydrogens is 376 g/mol. The summed E-state index contributed by atoms with van der Waals surface area (Å²) in [6.45, 7) is 6.40. The number of esters is 1. The molecule has 0 aromatic heterocycles. The van der Waals surface area contributed by atoms with E-state index in [0.29, 0.717) is 12.3 Å². The summed E-state index contributed by atoms with van der Waals surface area (Å²) >= 11 is 0. The Morgan fingerprint density at radius 2 is 1.63 bits per heavy atom. The Kier molecular flexibility index (Phi) is 18.7. The predicted molar refractivity (Wildman–Crippen MR) is 126 cm³/mol. The van der Waals surface area contributed by atoms with Gasteiger partial charge in [0.2, 0.25) is 5.91 Å². The van der Waals surface area contributed by atoms with Crippen LogP contribution in [0.15, 0.2) is 12.2 Å². The molecule has 0 aliphatic carbocycles. The highest BCUT2D eigenvalue weighted by molar-refractivity contribution is 5.81. The van der Waals surface area contributed by atoms with E-state index in [4.69, 9.17) is 5.73 Å². The Morgan fingerprint density at radius 1 is 0.967 bits per heavy atom. The molecule has 1 amide bonds. The van der Waals surface area contributed by atoms with Crippen LogP contribution in [0.1, 0.15) is 111 Å². The van der Waals surface area contributed by atoms with Gasteiger partial charge in [-0.3, -0.25) is 9.59 Å². The highest BCUT2D eigenvalue weighted by Gasteiger charge is 2.18. The van der Waals surface area contributed by atoms with Gasteiger partial charge in [-0.15, -0.1) is 0 Å². The number of rotatable bonds is 19. The van der Waals surface area contributed by atoms with E-state index in [1.54, 1.807) is 0 Å². The van der Waals surface area contributed by atoms with Gasteiger partial charge in [-0.05, 0) is 44.4 Å². The Labute approximate surface area is 185 Å². The highest BCUT2D eigenvalue weighted by Crippen LogP contribution is 2.12. The maximum atomic E-state index is 12.4. The number of allylic oxidation sites excluding steroid dienone is 1. The number of amides is 1. The van der Waals surface area contributed by atoms with E-state index < -0.39 is 6.04 Å². The first kappa shape index (κ1) is 28.6. The second kappa shape index (κ2) is 19.6. The van der Waals surface area contributed by atoms with E-state index in [2.05, 4.69) is 43.0 Å². The lowest BCUT2D eigenvalue weighted by Crippen LogP contribution is -2.45. The molecule has 0 fully saturated rings. The van der Waals surface area contributed by atoms with Crippen LogP contribution in [0.2, 0.25) is 0 Å². The van der Waals surface area contributed by atoms with E-state index in [1.165, 1.54) is 39.2 Å². The van der Waals surface area contributed by atoms with Crippen molar-refractivity contribution in [3.8, 4) is 0 Å². The van der Waals surface area contributed by atoms with Crippen molar-refractivity contribution in [1.29, 1.82) is 0 Å². The zero-order chi connectivity index (χ0) is 22.6. The van der Waals surface area contributed by atoms with Crippen LogP contribution in [0.5, 0.6) is 0 Å².